The minimum atomic E-state index is 0.00728. The van der Waals surface area contributed by atoms with Gasteiger partial charge in [0.2, 0.25) is 0 Å². The second kappa shape index (κ2) is 5.79. The maximum Gasteiger partial charge on any atom is 0.143 e. The SMILES string of the molecule is CC(CNc1cccc(I)c1)C(N)=NO. The van der Waals surface area contributed by atoms with Crippen LogP contribution in [0.3, 0.4) is 0 Å². The van der Waals surface area contributed by atoms with Crippen LogP contribution < -0.4 is 11.1 Å². The van der Waals surface area contributed by atoms with E-state index < -0.39 is 0 Å². The van der Waals surface area contributed by atoms with Gasteiger partial charge >= 0.3 is 0 Å². The van der Waals surface area contributed by atoms with Crippen molar-refractivity contribution in [1.29, 1.82) is 0 Å². The lowest BCUT2D eigenvalue weighted by Crippen LogP contribution is -2.27. The van der Waals surface area contributed by atoms with Crippen LogP contribution in [-0.2, 0) is 0 Å². The summed E-state index contributed by atoms with van der Waals surface area (Å²) in [6.45, 7) is 2.55. The van der Waals surface area contributed by atoms with Crippen molar-refractivity contribution < 1.29 is 5.21 Å². The third kappa shape index (κ3) is 3.94. The maximum atomic E-state index is 8.48. The van der Waals surface area contributed by atoms with Crippen molar-refractivity contribution in [2.24, 2.45) is 16.8 Å². The molecule has 4 N–H and O–H groups in total. The highest BCUT2D eigenvalue weighted by atomic mass is 127. The number of halogens is 1. The van der Waals surface area contributed by atoms with Crippen LogP contribution in [0.4, 0.5) is 5.69 Å². The van der Waals surface area contributed by atoms with Crippen molar-refractivity contribution in [3.8, 4) is 0 Å². The van der Waals surface area contributed by atoms with E-state index in [4.69, 9.17) is 10.9 Å². The summed E-state index contributed by atoms with van der Waals surface area (Å²) < 4.78 is 1.18. The van der Waals surface area contributed by atoms with Crippen LogP contribution in [0.1, 0.15) is 6.92 Å². The molecule has 0 bridgehead atoms. The predicted molar refractivity (Wildman–Crippen MR) is 70.2 cm³/mol. The van der Waals surface area contributed by atoms with Gasteiger partial charge in [-0.15, -0.1) is 0 Å². The molecule has 15 heavy (non-hydrogen) atoms. The summed E-state index contributed by atoms with van der Waals surface area (Å²) in [7, 11) is 0. The summed E-state index contributed by atoms with van der Waals surface area (Å²) in [6.07, 6.45) is 0. The Morgan fingerprint density at radius 3 is 3.00 bits per heavy atom. The van der Waals surface area contributed by atoms with Crippen molar-refractivity contribution in [2.45, 2.75) is 6.92 Å². The highest BCUT2D eigenvalue weighted by Gasteiger charge is 2.06. The van der Waals surface area contributed by atoms with Crippen LogP contribution in [0.5, 0.6) is 0 Å². The summed E-state index contributed by atoms with van der Waals surface area (Å²) in [4.78, 5) is 0. The van der Waals surface area contributed by atoms with Gasteiger partial charge in [0.25, 0.3) is 0 Å². The fourth-order valence-corrected chi connectivity index (χ4v) is 1.62. The van der Waals surface area contributed by atoms with Gasteiger partial charge in [0.15, 0.2) is 0 Å². The summed E-state index contributed by atoms with van der Waals surface area (Å²) in [5, 5.41) is 14.7. The fourth-order valence-electron chi connectivity index (χ4n) is 1.07. The molecular weight excluding hydrogens is 305 g/mol. The van der Waals surface area contributed by atoms with Gasteiger partial charge in [-0.25, -0.2) is 0 Å². The first-order valence-electron chi connectivity index (χ1n) is 4.60. The quantitative estimate of drug-likeness (QED) is 0.262. The zero-order chi connectivity index (χ0) is 11.3. The molecule has 0 fully saturated rings. The minimum absolute atomic E-state index is 0.00728. The van der Waals surface area contributed by atoms with Crippen LogP contribution in [0.2, 0.25) is 0 Å². The monoisotopic (exact) mass is 319 g/mol. The van der Waals surface area contributed by atoms with Crippen molar-refractivity contribution in [2.75, 3.05) is 11.9 Å². The molecular formula is C10H14IN3O. The first-order valence-corrected chi connectivity index (χ1v) is 5.68. The average molecular weight is 319 g/mol. The van der Waals surface area contributed by atoms with Crippen molar-refractivity contribution in [1.82, 2.24) is 0 Å². The van der Waals surface area contributed by atoms with Gasteiger partial charge in [-0.3, -0.25) is 0 Å². The van der Waals surface area contributed by atoms with Crippen molar-refractivity contribution in [3.63, 3.8) is 0 Å². The van der Waals surface area contributed by atoms with Gasteiger partial charge in [-0.2, -0.15) is 0 Å². The highest BCUT2D eigenvalue weighted by molar-refractivity contribution is 14.1. The molecule has 5 heteroatoms. The van der Waals surface area contributed by atoms with Gasteiger partial charge in [0.05, 0.1) is 0 Å². The zero-order valence-electron chi connectivity index (χ0n) is 8.44. The second-order valence-corrected chi connectivity index (χ2v) is 4.56. The molecule has 4 nitrogen and oxygen atoms in total. The van der Waals surface area contributed by atoms with E-state index >= 15 is 0 Å². The average Bonchev–Trinajstić information content (AvgIpc) is 2.25. The number of anilines is 1. The smallest absolute Gasteiger partial charge is 0.143 e. The summed E-state index contributed by atoms with van der Waals surface area (Å²) >= 11 is 2.25. The zero-order valence-corrected chi connectivity index (χ0v) is 10.6. The van der Waals surface area contributed by atoms with E-state index in [2.05, 4.69) is 33.1 Å². The third-order valence-corrected chi connectivity index (χ3v) is 2.73. The van der Waals surface area contributed by atoms with Gasteiger partial charge in [0.1, 0.15) is 5.84 Å². The van der Waals surface area contributed by atoms with Crippen LogP contribution in [0.15, 0.2) is 29.4 Å². The summed E-state index contributed by atoms with van der Waals surface area (Å²) in [6, 6.07) is 8.04. The van der Waals surface area contributed by atoms with Crippen LogP contribution in [0, 0.1) is 9.49 Å². The Morgan fingerprint density at radius 2 is 2.40 bits per heavy atom. The Hall–Kier alpha value is -0.980. The molecule has 1 rings (SSSR count). The van der Waals surface area contributed by atoms with Gasteiger partial charge in [0, 0.05) is 21.7 Å². The van der Waals surface area contributed by atoms with E-state index in [1.807, 2.05) is 31.2 Å². The lowest BCUT2D eigenvalue weighted by Gasteiger charge is -2.12. The van der Waals surface area contributed by atoms with E-state index in [1.54, 1.807) is 0 Å². The maximum absolute atomic E-state index is 8.48. The van der Waals surface area contributed by atoms with Crippen LogP contribution >= 0.6 is 22.6 Å². The molecule has 0 aliphatic heterocycles. The Morgan fingerprint density at radius 1 is 1.67 bits per heavy atom. The molecule has 1 aromatic carbocycles. The first kappa shape index (κ1) is 12.1. The number of nitrogens with zero attached hydrogens (tertiary/aromatic N) is 1. The van der Waals surface area contributed by atoms with Gasteiger partial charge < -0.3 is 16.3 Å². The number of benzene rings is 1. The van der Waals surface area contributed by atoms with Crippen LogP contribution in [0.25, 0.3) is 0 Å². The number of hydrogen-bond donors (Lipinski definition) is 3. The first-order chi connectivity index (χ1) is 7.13. The number of amidine groups is 1. The Labute approximate surface area is 103 Å². The summed E-state index contributed by atoms with van der Waals surface area (Å²) in [5.74, 6) is 0.251. The van der Waals surface area contributed by atoms with E-state index in [0.29, 0.717) is 6.54 Å². The molecule has 0 aliphatic carbocycles. The Bertz CT molecular complexity index is 354. The van der Waals surface area contributed by atoms with E-state index in [1.165, 1.54) is 3.57 Å². The Balaban J connectivity index is 2.50. The molecule has 0 aliphatic rings. The van der Waals surface area contributed by atoms with E-state index in [0.717, 1.165) is 5.69 Å². The molecule has 82 valence electrons. The van der Waals surface area contributed by atoms with Gasteiger partial charge in [-0.1, -0.05) is 18.1 Å². The predicted octanol–water partition coefficient (Wildman–Crippen LogP) is 2.09. The lowest BCUT2D eigenvalue weighted by atomic mass is 10.1. The standard InChI is InChI=1S/C10H14IN3O/c1-7(10(12)14-15)6-13-9-4-2-3-8(11)5-9/h2-5,7,13,15H,6H2,1H3,(H2,12,14). The number of nitrogens with one attached hydrogen (secondary N) is 1. The Kier molecular flexibility index (Phi) is 4.67. The molecule has 0 radical (unpaired) electrons. The lowest BCUT2D eigenvalue weighted by molar-refractivity contribution is 0.315. The molecule has 0 heterocycles. The van der Waals surface area contributed by atoms with Crippen molar-refractivity contribution >= 4 is 34.1 Å². The molecule has 0 amide bonds. The molecule has 0 saturated heterocycles. The minimum Gasteiger partial charge on any atom is -0.409 e. The topological polar surface area (TPSA) is 70.6 Å². The molecule has 0 aromatic heterocycles. The second-order valence-electron chi connectivity index (χ2n) is 3.32. The van der Waals surface area contributed by atoms with Gasteiger partial charge in [-0.05, 0) is 40.8 Å². The number of nitrogens with two attached hydrogens (primary N) is 1. The van der Waals surface area contributed by atoms with Crippen LogP contribution in [-0.4, -0.2) is 17.6 Å². The summed E-state index contributed by atoms with van der Waals surface area (Å²) in [5.41, 5.74) is 6.51. The molecule has 0 saturated carbocycles. The van der Waals surface area contributed by atoms with E-state index in [9.17, 15) is 0 Å². The normalized spacial score (nSPS) is 13.6. The molecule has 1 atom stereocenters. The molecule has 1 unspecified atom stereocenters. The van der Waals surface area contributed by atoms with E-state index in [-0.39, 0.29) is 11.8 Å². The third-order valence-electron chi connectivity index (χ3n) is 2.06. The fraction of sp³-hybridized carbons (Fsp3) is 0.300. The highest BCUT2D eigenvalue weighted by Crippen LogP contribution is 2.12. The molecule has 1 aromatic rings. The number of rotatable bonds is 4. The van der Waals surface area contributed by atoms with Crippen molar-refractivity contribution in [3.05, 3.63) is 27.8 Å². The number of oxime groups is 1. The largest absolute Gasteiger partial charge is 0.409 e. The number of hydrogen-bond acceptors (Lipinski definition) is 3. The molecule has 0 spiro atoms.